The van der Waals surface area contributed by atoms with Crippen molar-refractivity contribution in [2.24, 2.45) is 16.8 Å². The topological polar surface area (TPSA) is 64.1 Å². The highest BCUT2D eigenvalue weighted by Crippen LogP contribution is 2.18. The van der Waals surface area contributed by atoms with Gasteiger partial charge >= 0.3 is 0 Å². The molecule has 1 fully saturated rings. The third kappa shape index (κ3) is 8.93. The zero-order chi connectivity index (χ0) is 20.0. The number of nitrogens with one attached hydrogen (secondary N) is 2. The molecular weight excluding hydrogens is 354 g/mol. The van der Waals surface area contributed by atoms with E-state index < -0.39 is 0 Å². The summed E-state index contributed by atoms with van der Waals surface area (Å²) in [6, 6.07) is 8.14. The number of para-hydroxylation sites is 1. The van der Waals surface area contributed by atoms with E-state index in [2.05, 4.69) is 35.5 Å². The highest BCUT2D eigenvalue weighted by Gasteiger charge is 2.13. The molecule has 1 aliphatic heterocycles. The van der Waals surface area contributed by atoms with Crippen LogP contribution in [-0.2, 0) is 16.0 Å². The average Bonchev–Trinajstić information content (AvgIpc) is 2.72. The molecule has 2 rings (SSSR count). The van der Waals surface area contributed by atoms with Crippen LogP contribution in [0.3, 0.4) is 0 Å². The summed E-state index contributed by atoms with van der Waals surface area (Å²) in [5.41, 5.74) is 1.13. The van der Waals surface area contributed by atoms with Crippen molar-refractivity contribution in [1.82, 2.24) is 10.6 Å². The zero-order valence-electron chi connectivity index (χ0n) is 17.7. The van der Waals surface area contributed by atoms with Crippen LogP contribution in [0.15, 0.2) is 29.3 Å². The van der Waals surface area contributed by atoms with Crippen LogP contribution in [-0.4, -0.2) is 52.6 Å². The number of nitrogens with zero attached hydrogens (tertiary/aromatic N) is 1. The second-order valence-electron chi connectivity index (χ2n) is 7.65. The van der Waals surface area contributed by atoms with E-state index in [1.807, 2.05) is 18.2 Å². The molecule has 158 valence electrons. The molecule has 0 aliphatic carbocycles. The van der Waals surface area contributed by atoms with E-state index >= 15 is 0 Å². The van der Waals surface area contributed by atoms with Crippen molar-refractivity contribution in [2.75, 3.05) is 46.6 Å². The molecule has 6 heteroatoms. The van der Waals surface area contributed by atoms with Gasteiger partial charge in [0.05, 0.1) is 6.61 Å². The van der Waals surface area contributed by atoms with Gasteiger partial charge in [0.1, 0.15) is 5.75 Å². The summed E-state index contributed by atoms with van der Waals surface area (Å²) in [6.45, 7) is 9.91. The van der Waals surface area contributed by atoms with Gasteiger partial charge in [-0.2, -0.15) is 0 Å². The predicted octanol–water partition coefficient (Wildman–Crippen LogP) is 3.22. The van der Waals surface area contributed by atoms with E-state index in [1.54, 1.807) is 7.05 Å². The minimum absolute atomic E-state index is 0.504. The first-order valence-electron chi connectivity index (χ1n) is 10.5. The van der Waals surface area contributed by atoms with Gasteiger partial charge in [-0.15, -0.1) is 0 Å². The maximum Gasteiger partial charge on any atom is 0.191 e. The van der Waals surface area contributed by atoms with Gasteiger partial charge in [-0.1, -0.05) is 32.0 Å². The smallest absolute Gasteiger partial charge is 0.191 e. The Morgan fingerprint density at radius 3 is 2.75 bits per heavy atom. The Morgan fingerprint density at radius 1 is 1.21 bits per heavy atom. The third-order valence-corrected chi connectivity index (χ3v) is 4.67. The molecule has 28 heavy (non-hydrogen) atoms. The third-order valence-electron chi connectivity index (χ3n) is 4.67. The summed E-state index contributed by atoms with van der Waals surface area (Å²) in [6.07, 6.45) is 3.20. The van der Waals surface area contributed by atoms with Crippen LogP contribution >= 0.6 is 0 Å². The molecule has 0 unspecified atom stereocenters. The fourth-order valence-electron chi connectivity index (χ4n) is 2.99. The molecule has 2 N–H and O–H groups in total. The fourth-order valence-corrected chi connectivity index (χ4v) is 2.99. The molecule has 0 radical (unpaired) electrons. The van der Waals surface area contributed by atoms with Crippen LogP contribution < -0.4 is 15.4 Å². The highest BCUT2D eigenvalue weighted by atomic mass is 16.5. The monoisotopic (exact) mass is 391 g/mol. The maximum absolute atomic E-state index is 5.92. The van der Waals surface area contributed by atoms with Gasteiger partial charge in [0.25, 0.3) is 0 Å². The number of aliphatic imine (C=N–C) groups is 1. The number of rotatable bonds is 11. The highest BCUT2D eigenvalue weighted by molar-refractivity contribution is 5.79. The average molecular weight is 392 g/mol. The summed E-state index contributed by atoms with van der Waals surface area (Å²) in [4.78, 5) is 4.30. The molecule has 1 heterocycles. The molecule has 1 aromatic rings. The van der Waals surface area contributed by atoms with Crippen LogP contribution in [0.25, 0.3) is 0 Å². The first-order chi connectivity index (χ1) is 13.7. The fraction of sp³-hybridized carbons (Fsp3) is 0.682. The Balaban J connectivity index is 1.62. The number of benzene rings is 1. The summed E-state index contributed by atoms with van der Waals surface area (Å²) in [5, 5.41) is 6.71. The van der Waals surface area contributed by atoms with Gasteiger partial charge in [-0.05, 0) is 37.2 Å². The molecule has 0 aromatic heterocycles. The minimum Gasteiger partial charge on any atom is -0.493 e. The SMILES string of the molecule is CN=C(NCCCOCC1CCOCC1)NCc1ccccc1OCC(C)C. The first kappa shape index (κ1) is 22.5. The van der Waals surface area contributed by atoms with E-state index in [9.17, 15) is 0 Å². The van der Waals surface area contributed by atoms with E-state index in [4.69, 9.17) is 14.2 Å². The molecule has 0 spiro atoms. The number of hydrogen-bond donors (Lipinski definition) is 2. The Kier molecular flexibility index (Phi) is 10.8. The van der Waals surface area contributed by atoms with Gasteiger partial charge in [0.2, 0.25) is 0 Å². The van der Waals surface area contributed by atoms with Crippen LogP contribution in [0, 0.1) is 11.8 Å². The molecule has 0 atom stereocenters. The number of ether oxygens (including phenoxy) is 3. The van der Waals surface area contributed by atoms with E-state index in [-0.39, 0.29) is 0 Å². The second-order valence-corrected chi connectivity index (χ2v) is 7.65. The predicted molar refractivity (Wildman–Crippen MR) is 114 cm³/mol. The second kappa shape index (κ2) is 13.4. The first-order valence-corrected chi connectivity index (χ1v) is 10.5. The van der Waals surface area contributed by atoms with Crippen molar-refractivity contribution < 1.29 is 14.2 Å². The van der Waals surface area contributed by atoms with Crippen molar-refractivity contribution in [2.45, 2.75) is 39.7 Å². The van der Waals surface area contributed by atoms with Crippen LogP contribution in [0.4, 0.5) is 0 Å². The van der Waals surface area contributed by atoms with Gasteiger partial charge < -0.3 is 24.8 Å². The van der Waals surface area contributed by atoms with E-state index in [0.717, 1.165) is 76.1 Å². The van der Waals surface area contributed by atoms with Crippen LogP contribution in [0.5, 0.6) is 5.75 Å². The largest absolute Gasteiger partial charge is 0.493 e. The molecule has 6 nitrogen and oxygen atoms in total. The van der Waals surface area contributed by atoms with Gasteiger partial charge in [-0.25, -0.2) is 0 Å². The molecular formula is C22H37N3O3. The summed E-state index contributed by atoms with van der Waals surface area (Å²) < 4.78 is 17.1. The van der Waals surface area contributed by atoms with Gasteiger partial charge in [0, 0.05) is 52.1 Å². The Bertz CT molecular complexity index is 572. The van der Waals surface area contributed by atoms with Crippen molar-refractivity contribution >= 4 is 5.96 Å². The number of guanidine groups is 1. The van der Waals surface area contributed by atoms with Crippen LogP contribution in [0.2, 0.25) is 0 Å². The van der Waals surface area contributed by atoms with Crippen LogP contribution in [0.1, 0.15) is 38.7 Å². The Labute approximate surface area is 170 Å². The number of hydrogen-bond acceptors (Lipinski definition) is 4. The normalized spacial score (nSPS) is 15.6. The minimum atomic E-state index is 0.504. The summed E-state index contributed by atoms with van der Waals surface area (Å²) in [7, 11) is 1.79. The van der Waals surface area contributed by atoms with Crippen molar-refractivity contribution in [1.29, 1.82) is 0 Å². The lowest BCUT2D eigenvalue weighted by Gasteiger charge is -2.21. The summed E-state index contributed by atoms with van der Waals surface area (Å²) in [5.74, 6) is 2.89. The lowest BCUT2D eigenvalue weighted by atomic mass is 10.0. The molecule has 0 saturated carbocycles. The van der Waals surface area contributed by atoms with E-state index in [0.29, 0.717) is 18.4 Å². The quantitative estimate of drug-likeness (QED) is 0.344. The Morgan fingerprint density at radius 2 is 2.00 bits per heavy atom. The van der Waals surface area contributed by atoms with E-state index in [1.165, 1.54) is 0 Å². The molecule has 0 bridgehead atoms. The zero-order valence-corrected chi connectivity index (χ0v) is 17.7. The maximum atomic E-state index is 5.92. The van der Waals surface area contributed by atoms with Crippen molar-refractivity contribution in [3.05, 3.63) is 29.8 Å². The standard InChI is InChI=1S/C22H37N3O3/c1-18(2)16-28-21-8-5-4-7-20(21)15-25-22(23-3)24-11-6-12-27-17-19-9-13-26-14-10-19/h4-5,7-8,18-19H,6,9-17H2,1-3H3,(H2,23,24,25). The lowest BCUT2D eigenvalue weighted by molar-refractivity contribution is 0.0203. The molecule has 1 aliphatic rings. The van der Waals surface area contributed by atoms with Gasteiger partial charge in [-0.3, -0.25) is 4.99 Å². The Hall–Kier alpha value is -1.79. The van der Waals surface area contributed by atoms with Crippen molar-refractivity contribution in [3.63, 3.8) is 0 Å². The lowest BCUT2D eigenvalue weighted by Crippen LogP contribution is -2.37. The molecule has 1 aromatic carbocycles. The van der Waals surface area contributed by atoms with Crippen molar-refractivity contribution in [3.8, 4) is 5.75 Å². The van der Waals surface area contributed by atoms with Gasteiger partial charge in [0.15, 0.2) is 5.96 Å². The molecule has 1 saturated heterocycles. The molecule has 0 amide bonds. The summed E-state index contributed by atoms with van der Waals surface area (Å²) >= 11 is 0.